The molecular weight excluding hydrogens is 234 g/mol. The lowest BCUT2D eigenvalue weighted by Crippen LogP contribution is -2.31. The highest BCUT2D eigenvalue weighted by Crippen LogP contribution is 2.25. The van der Waals surface area contributed by atoms with Crippen molar-refractivity contribution >= 4 is 11.3 Å². The molecule has 17 heavy (non-hydrogen) atoms. The van der Waals surface area contributed by atoms with Gasteiger partial charge in [0, 0.05) is 18.2 Å². The van der Waals surface area contributed by atoms with E-state index in [0.29, 0.717) is 0 Å². The van der Waals surface area contributed by atoms with Crippen molar-refractivity contribution in [3.8, 4) is 10.6 Å². The average molecular weight is 251 g/mol. The maximum atomic E-state index is 9.12. The normalized spacial score (nSPS) is 12.8. The fourth-order valence-corrected chi connectivity index (χ4v) is 2.43. The molecule has 2 aromatic rings. The number of rotatable bonds is 6. The summed E-state index contributed by atoms with van der Waals surface area (Å²) < 4.78 is 0. The van der Waals surface area contributed by atoms with Crippen molar-refractivity contribution in [2.75, 3.05) is 6.61 Å². The second-order valence-corrected chi connectivity index (χ2v) is 4.86. The summed E-state index contributed by atoms with van der Waals surface area (Å²) in [4.78, 5) is 1.19. The van der Waals surface area contributed by atoms with Crippen LogP contribution in [0.1, 0.15) is 18.9 Å². The Morgan fingerprint density at radius 2 is 2.47 bits per heavy atom. The van der Waals surface area contributed by atoms with Crippen molar-refractivity contribution in [1.29, 1.82) is 0 Å². The second-order valence-electron chi connectivity index (χ2n) is 3.92. The van der Waals surface area contributed by atoms with Gasteiger partial charge in [-0.2, -0.15) is 5.10 Å². The standard InChI is InChI=1S/C12H17N3OS/c1-2-10(8-16)13-6-9-7-14-15-12(9)11-4-3-5-17-11/h3-5,7,10,13,16H,2,6,8H2,1H3,(H,14,15)/t10-/m1/s1. The summed E-state index contributed by atoms with van der Waals surface area (Å²) in [5.74, 6) is 0. The molecule has 0 saturated carbocycles. The molecule has 2 aromatic heterocycles. The SMILES string of the molecule is CC[C@H](CO)NCc1cn[nH]c1-c1cccs1. The quantitative estimate of drug-likeness (QED) is 0.736. The molecule has 0 fully saturated rings. The third-order valence-corrected chi connectivity index (χ3v) is 3.67. The summed E-state index contributed by atoms with van der Waals surface area (Å²) in [6, 6.07) is 4.26. The van der Waals surface area contributed by atoms with E-state index in [2.05, 4.69) is 33.9 Å². The van der Waals surface area contributed by atoms with Gasteiger partial charge in [0.2, 0.25) is 0 Å². The smallest absolute Gasteiger partial charge is 0.0794 e. The number of H-pyrrole nitrogens is 1. The predicted molar refractivity (Wildman–Crippen MR) is 69.9 cm³/mol. The fraction of sp³-hybridized carbons (Fsp3) is 0.417. The molecule has 4 nitrogen and oxygen atoms in total. The van der Waals surface area contributed by atoms with E-state index in [1.807, 2.05) is 12.3 Å². The van der Waals surface area contributed by atoms with E-state index in [1.54, 1.807) is 11.3 Å². The van der Waals surface area contributed by atoms with Crippen LogP contribution >= 0.6 is 11.3 Å². The van der Waals surface area contributed by atoms with E-state index in [-0.39, 0.29) is 12.6 Å². The van der Waals surface area contributed by atoms with E-state index in [9.17, 15) is 0 Å². The molecule has 5 heteroatoms. The van der Waals surface area contributed by atoms with Gasteiger partial charge in [0.1, 0.15) is 0 Å². The lowest BCUT2D eigenvalue weighted by molar-refractivity contribution is 0.238. The Morgan fingerprint density at radius 3 is 3.12 bits per heavy atom. The van der Waals surface area contributed by atoms with E-state index in [1.165, 1.54) is 4.88 Å². The van der Waals surface area contributed by atoms with Gasteiger partial charge < -0.3 is 10.4 Å². The Balaban J connectivity index is 2.05. The third-order valence-electron chi connectivity index (χ3n) is 2.78. The zero-order valence-electron chi connectivity index (χ0n) is 9.81. The molecule has 0 aliphatic rings. The second kappa shape index (κ2) is 5.95. The van der Waals surface area contributed by atoms with E-state index in [0.717, 1.165) is 24.2 Å². The topological polar surface area (TPSA) is 60.9 Å². The average Bonchev–Trinajstić information content (AvgIpc) is 3.00. The van der Waals surface area contributed by atoms with Crippen molar-refractivity contribution in [3.63, 3.8) is 0 Å². The summed E-state index contributed by atoms with van der Waals surface area (Å²) in [6.07, 6.45) is 2.76. The van der Waals surface area contributed by atoms with Gasteiger partial charge in [0.25, 0.3) is 0 Å². The van der Waals surface area contributed by atoms with Crippen LogP contribution in [0.5, 0.6) is 0 Å². The minimum atomic E-state index is 0.154. The number of aliphatic hydroxyl groups excluding tert-OH is 1. The number of hydrogen-bond donors (Lipinski definition) is 3. The summed E-state index contributed by atoms with van der Waals surface area (Å²) in [5.41, 5.74) is 2.21. The largest absolute Gasteiger partial charge is 0.395 e. The Labute approximate surface area is 105 Å². The Hall–Kier alpha value is -1.17. The van der Waals surface area contributed by atoms with E-state index >= 15 is 0 Å². The van der Waals surface area contributed by atoms with Gasteiger partial charge in [0.15, 0.2) is 0 Å². The fourth-order valence-electron chi connectivity index (χ4n) is 1.67. The van der Waals surface area contributed by atoms with Crippen LogP contribution in [0.3, 0.4) is 0 Å². The van der Waals surface area contributed by atoms with Crippen molar-refractivity contribution in [2.45, 2.75) is 25.9 Å². The first-order valence-corrected chi connectivity index (χ1v) is 6.63. The molecule has 1 atom stereocenters. The molecule has 0 aromatic carbocycles. The first-order chi connectivity index (χ1) is 8.35. The molecular formula is C12H17N3OS. The summed E-state index contributed by atoms with van der Waals surface area (Å²) in [7, 11) is 0. The highest BCUT2D eigenvalue weighted by atomic mass is 32.1. The lowest BCUT2D eigenvalue weighted by Gasteiger charge is -2.13. The lowest BCUT2D eigenvalue weighted by atomic mass is 10.2. The van der Waals surface area contributed by atoms with Crippen LogP contribution in [0, 0.1) is 0 Å². The van der Waals surface area contributed by atoms with Crippen LogP contribution in [-0.4, -0.2) is 28.0 Å². The summed E-state index contributed by atoms with van der Waals surface area (Å²) in [6.45, 7) is 2.95. The summed E-state index contributed by atoms with van der Waals surface area (Å²) in [5, 5.41) is 21.6. The third kappa shape index (κ3) is 2.94. The monoisotopic (exact) mass is 251 g/mol. The number of nitrogens with one attached hydrogen (secondary N) is 2. The molecule has 2 rings (SSSR count). The molecule has 0 bridgehead atoms. The van der Waals surface area contributed by atoms with Crippen LogP contribution < -0.4 is 5.32 Å². The zero-order valence-corrected chi connectivity index (χ0v) is 10.6. The number of hydrogen-bond acceptors (Lipinski definition) is 4. The highest BCUT2D eigenvalue weighted by molar-refractivity contribution is 7.13. The molecule has 92 valence electrons. The van der Waals surface area contributed by atoms with Crippen molar-refractivity contribution in [2.24, 2.45) is 0 Å². The van der Waals surface area contributed by atoms with Gasteiger partial charge in [-0.3, -0.25) is 5.10 Å². The maximum Gasteiger partial charge on any atom is 0.0794 e. The van der Waals surface area contributed by atoms with Crippen molar-refractivity contribution < 1.29 is 5.11 Å². The highest BCUT2D eigenvalue weighted by Gasteiger charge is 2.10. The van der Waals surface area contributed by atoms with Gasteiger partial charge in [-0.1, -0.05) is 13.0 Å². The zero-order chi connectivity index (χ0) is 12.1. The number of aromatic amines is 1. The molecule has 0 amide bonds. The van der Waals surface area contributed by atoms with Gasteiger partial charge in [-0.25, -0.2) is 0 Å². The Bertz CT molecular complexity index is 434. The van der Waals surface area contributed by atoms with Gasteiger partial charge in [-0.05, 0) is 17.9 Å². The Morgan fingerprint density at radius 1 is 1.59 bits per heavy atom. The first kappa shape index (κ1) is 12.3. The van der Waals surface area contributed by atoms with Gasteiger partial charge in [-0.15, -0.1) is 11.3 Å². The molecule has 2 heterocycles. The van der Waals surface area contributed by atoms with Crippen LogP contribution in [0.2, 0.25) is 0 Å². The maximum absolute atomic E-state index is 9.12. The Kier molecular flexibility index (Phi) is 4.30. The molecule has 3 N–H and O–H groups in total. The van der Waals surface area contributed by atoms with Gasteiger partial charge in [0.05, 0.1) is 23.4 Å². The predicted octanol–water partition coefficient (Wildman–Crippen LogP) is 2.00. The molecule has 0 unspecified atom stereocenters. The first-order valence-electron chi connectivity index (χ1n) is 5.75. The number of aromatic nitrogens is 2. The molecule has 0 radical (unpaired) electrons. The number of aliphatic hydroxyl groups is 1. The van der Waals surface area contributed by atoms with E-state index in [4.69, 9.17) is 5.11 Å². The van der Waals surface area contributed by atoms with Gasteiger partial charge >= 0.3 is 0 Å². The van der Waals surface area contributed by atoms with Crippen LogP contribution in [-0.2, 0) is 6.54 Å². The summed E-state index contributed by atoms with van der Waals surface area (Å²) >= 11 is 1.69. The molecule has 0 saturated heterocycles. The van der Waals surface area contributed by atoms with Crippen LogP contribution in [0.15, 0.2) is 23.7 Å². The molecule has 0 aliphatic heterocycles. The number of thiophene rings is 1. The van der Waals surface area contributed by atoms with Crippen LogP contribution in [0.25, 0.3) is 10.6 Å². The minimum Gasteiger partial charge on any atom is -0.395 e. The van der Waals surface area contributed by atoms with Crippen LogP contribution in [0.4, 0.5) is 0 Å². The minimum absolute atomic E-state index is 0.154. The van der Waals surface area contributed by atoms with E-state index < -0.39 is 0 Å². The molecule has 0 spiro atoms. The van der Waals surface area contributed by atoms with Crippen molar-refractivity contribution in [1.82, 2.24) is 15.5 Å². The van der Waals surface area contributed by atoms with Crippen molar-refractivity contribution in [3.05, 3.63) is 29.3 Å². The molecule has 0 aliphatic carbocycles. The number of nitrogens with zero attached hydrogens (tertiary/aromatic N) is 1.